The lowest BCUT2D eigenvalue weighted by Gasteiger charge is -2.06. The molecule has 0 bridgehead atoms. The molecule has 0 aliphatic rings. The van der Waals surface area contributed by atoms with Crippen LogP contribution in [-0.2, 0) is 17.9 Å². The number of aromatic nitrogens is 4. The minimum absolute atomic E-state index is 0.0920. The van der Waals surface area contributed by atoms with E-state index in [0.717, 1.165) is 21.7 Å². The van der Waals surface area contributed by atoms with Gasteiger partial charge in [-0.05, 0) is 35.0 Å². The summed E-state index contributed by atoms with van der Waals surface area (Å²) in [6.45, 7) is 0.415. The average molecular weight is 309 g/mol. The van der Waals surface area contributed by atoms with Gasteiger partial charge < -0.3 is 10.5 Å². The summed E-state index contributed by atoms with van der Waals surface area (Å²) in [6, 6.07) is 17.3. The molecule has 0 radical (unpaired) electrons. The van der Waals surface area contributed by atoms with Gasteiger partial charge in [-0.25, -0.2) is 0 Å². The third-order valence-electron chi connectivity index (χ3n) is 3.11. The maximum absolute atomic E-state index is 10.8. The molecule has 0 atom stereocenters. The second-order valence-corrected chi connectivity index (χ2v) is 4.91. The van der Waals surface area contributed by atoms with Gasteiger partial charge >= 0.3 is 0 Å². The van der Waals surface area contributed by atoms with Gasteiger partial charge in [0.1, 0.15) is 18.9 Å². The number of hydrogen-bond acceptors (Lipinski definition) is 5. The standard InChI is InChI=1S/C16H15N5O2/c17-15(22)10-21-19-16(18-20-21)13-6-8-14(9-7-13)23-11-12-4-2-1-3-5-12/h1-9H,10-11H2,(H2,17,22). The number of tetrazole rings is 1. The van der Waals surface area contributed by atoms with E-state index in [2.05, 4.69) is 15.4 Å². The number of ether oxygens (including phenoxy) is 1. The highest BCUT2D eigenvalue weighted by Crippen LogP contribution is 2.19. The maximum atomic E-state index is 10.8. The fourth-order valence-electron chi connectivity index (χ4n) is 2.01. The smallest absolute Gasteiger partial charge is 0.241 e. The summed E-state index contributed by atoms with van der Waals surface area (Å²) in [5.74, 6) is 0.668. The molecule has 0 saturated carbocycles. The van der Waals surface area contributed by atoms with Crippen LogP contribution in [0.3, 0.4) is 0 Å². The van der Waals surface area contributed by atoms with Crippen LogP contribution in [0.25, 0.3) is 11.4 Å². The van der Waals surface area contributed by atoms with E-state index >= 15 is 0 Å². The average Bonchev–Trinajstić information content (AvgIpc) is 3.02. The predicted octanol–water partition coefficient (Wildman–Crippen LogP) is 1.40. The van der Waals surface area contributed by atoms with Gasteiger partial charge in [-0.3, -0.25) is 4.79 Å². The van der Waals surface area contributed by atoms with Crippen molar-refractivity contribution in [1.82, 2.24) is 20.2 Å². The van der Waals surface area contributed by atoms with Crippen molar-refractivity contribution in [3.63, 3.8) is 0 Å². The number of rotatable bonds is 6. The van der Waals surface area contributed by atoms with Crippen LogP contribution in [0.4, 0.5) is 0 Å². The first-order chi connectivity index (χ1) is 11.2. The number of carbonyl (C=O) groups excluding carboxylic acids is 1. The molecule has 0 fully saturated rings. The summed E-state index contributed by atoms with van der Waals surface area (Å²) in [4.78, 5) is 12.0. The Morgan fingerprint density at radius 3 is 2.52 bits per heavy atom. The quantitative estimate of drug-likeness (QED) is 0.742. The van der Waals surface area contributed by atoms with Crippen LogP contribution in [0.5, 0.6) is 5.75 Å². The number of hydrogen-bond donors (Lipinski definition) is 1. The summed E-state index contributed by atoms with van der Waals surface area (Å²) in [6.07, 6.45) is 0. The van der Waals surface area contributed by atoms with Gasteiger partial charge in [-0.1, -0.05) is 30.3 Å². The molecule has 7 nitrogen and oxygen atoms in total. The van der Waals surface area contributed by atoms with Crippen molar-refractivity contribution in [2.45, 2.75) is 13.2 Å². The zero-order valence-electron chi connectivity index (χ0n) is 12.3. The summed E-state index contributed by atoms with van der Waals surface area (Å²) < 4.78 is 5.72. The third-order valence-corrected chi connectivity index (χ3v) is 3.11. The van der Waals surface area contributed by atoms with Crippen LogP contribution in [0.15, 0.2) is 54.6 Å². The molecule has 0 spiro atoms. The van der Waals surface area contributed by atoms with Crippen molar-refractivity contribution in [3.05, 3.63) is 60.2 Å². The number of nitrogens with zero attached hydrogens (tertiary/aromatic N) is 4. The van der Waals surface area contributed by atoms with E-state index in [-0.39, 0.29) is 6.54 Å². The molecule has 0 saturated heterocycles. The molecule has 0 aliphatic carbocycles. The van der Waals surface area contributed by atoms with Crippen molar-refractivity contribution >= 4 is 5.91 Å². The van der Waals surface area contributed by atoms with Crippen LogP contribution in [0.1, 0.15) is 5.56 Å². The molecule has 3 rings (SSSR count). The molecule has 116 valence electrons. The molecule has 7 heteroatoms. The highest BCUT2D eigenvalue weighted by Gasteiger charge is 2.07. The van der Waals surface area contributed by atoms with Gasteiger partial charge in [0, 0.05) is 5.56 Å². The highest BCUT2D eigenvalue weighted by atomic mass is 16.5. The van der Waals surface area contributed by atoms with Crippen LogP contribution in [0, 0.1) is 0 Å². The van der Waals surface area contributed by atoms with E-state index in [0.29, 0.717) is 12.4 Å². The van der Waals surface area contributed by atoms with Gasteiger partial charge in [-0.15, -0.1) is 10.2 Å². The summed E-state index contributed by atoms with van der Waals surface area (Å²) in [5, 5.41) is 11.8. The summed E-state index contributed by atoms with van der Waals surface area (Å²) in [7, 11) is 0. The number of nitrogens with two attached hydrogens (primary N) is 1. The minimum atomic E-state index is -0.515. The molecule has 23 heavy (non-hydrogen) atoms. The molecule has 3 aromatic rings. The van der Waals surface area contributed by atoms with E-state index < -0.39 is 5.91 Å². The van der Waals surface area contributed by atoms with E-state index in [1.165, 1.54) is 0 Å². The number of amides is 1. The van der Waals surface area contributed by atoms with Gasteiger partial charge in [0.25, 0.3) is 0 Å². The third kappa shape index (κ3) is 3.91. The molecule has 2 aromatic carbocycles. The first-order valence-corrected chi connectivity index (χ1v) is 7.04. The Bertz CT molecular complexity index is 784. The summed E-state index contributed by atoms with van der Waals surface area (Å²) >= 11 is 0. The fourth-order valence-corrected chi connectivity index (χ4v) is 2.01. The molecule has 1 aromatic heterocycles. The SMILES string of the molecule is NC(=O)Cn1nnc(-c2ccc(OCc3ccccc3)cc2)n1. The monoisotopic (exact) mass is 309 g/mol. The predicted molar refractivity (Wildman–Crippen MR) is 83.2 cm³/mol. The molecular formula is C16H15N5O2. The summed E-state index contributed by atoms with van der Waals surface area (Å²) in [5.41, 5.74) is 6.98. The Balaban J connectivity index is 1.64. The Labute approximate surface area is 132 Å². The molecule has 1 heterocycles. The highest BCUT2D eigenvalue weighted by molar-refractivity contribution is 5.73. The largest absolute Gasteiger partial charge is 0.489 e. The lowest BCUT2D eigenvalue weighted by atomic mass is 10.2. The molecule has 0 aliphatic heterocycles. The van der Waals surface area contributed by atoms with Crippen molar-refractivity contribution in [3.8, 4) is 17.1 Å². The van der Waals surface area contributed by atoms with Crippen LogP contribution >= 0.6 is 0 Å². The maximum Gasteiger partial charge on any atom is 0.241 e. The van der Waals surface area contributed by atoms with E-state index in [4.69, 9.17) is 10.5 Å². The van der Waals surface area contributed by atoms with Crippen molar-refractivity contribution in [2.24, 2.45) is 5.73 Å². The second-order valence-electron chi connectivity index (χ2n) is 4.91. The van der Waals surface area contributed by atoms with Crippen molar-refractivity contribution in [1.29, 1.82) is 0 Å². The lowest BCUT2D eigenvalue weighted by molar-refractivity contribution is -0.118. The zero-order chi connectivity index (χ0) is 16.1. The van der Waals surface area contributed by atoms with E-state index in [1.807, 2.05) is 54.6 Å². The number of carbonyl (C=O) groups is 1. The van der Waals surface area contributed by atoms with Gasteiger partial charge in [-0.2, -0.15) is 4.80 Å². The Kier molecular flexibility index (Phi) is 4.28. The molecule has 0 unspecified atom stereocenters. The van der Waals surface area contributed by atoms with Gasteiger partial charge in [0.2, 0.25) is 11.7 Å². The van der Waals surface area contributed by atoms with E-state index in [9.17, 15) is 4.79 Å². The van der Waals surface area contributed by atoms with Crippen molar-refractivity contribution < 1.29 is 9.53 Å². The fraction of sp³-hybridized carbons (Fsp3) is 0.125. The first kappa shape index (κ1) is 14.7. The number of benzene rings is 2. The molecule has 1 amide bonds. The van der Waals surface area contributed by atoms with Gasteiger partial charge in [0.15, 0.2) is 0 Å². The van der Waals surface area contributed by atoms with Crippen LogP contribution in [0.2, 0.25) is 0 Å². The zero-order valence-corrected chi connectivity index (χ0v) is 12.3. The second kappa shape index (κ2) is 6.69. The topological polar surface area (TPSA) is 95.9 Å². The number of primary amides is 1. The Morgan fingerprint density at radius 2 is 1.83 bits per heavy atom. The minimum Gasteiger partial charge on any atom is -0.489 e. The molecular weight excluding hydrogens is 294 g/mol. The van der Waals surface area contributed by atoms with Crippen LogP contribution < -0.4 is 10.5 Å². The van der Waals surface area contributed by atoms with Crippen molar-refractivity contribution in [2.75, 3.05) is 0 Å². The Hall–Kier alpha value is -3.22. The molecule has 2 N–H and O–H groups in total. The van der Waals surface area contributed by atoms with Crippen LogP contribution in [-0.4, -0.2) is 26.1 Å². The Morgan fingerprint density at radius 1 is 1.09 bits per heavy atom. The normalized spacial score (nSPS) is 10.4. The first-order valence-electron chi connectivity index (χ1n) is 7.04. The lowest BCUT2D eigenvalue weighted by Crippen LogP contribution is -2.20. The van der Waals surface area contributed by atoms with Gasteiger partial charge in [0.05, 0.1) is 0 Å². The van der Waals surface area contributed by atoms with E-state index in [1.54, 1.807) is 0 Å².